The van der Waals surface area contributed by atoms with E-state index in [0.29, 0.717) is 0 Å². The van der Waals surface area contributed by atoms with Gasteiger partial charge in [0.25, 0.3) is 0 Å². The maximum atomic E-state index is 7.29. The van der Waals surface area contributed by atoms with Gasteiger partial charge >= 0.3 is 18.9 Å². The molecule has 0 saturated heterocycles. The Morgan fingerprint density at radius 2 is 1.44 bits per heavy atom. The molecule has 0 atom stereocenters. The van der Waals surface area contributed by atoms with Gasteiger partial charge in [0.1, 0.15) is 0 Å². The first-order chi connectivity index (χ1) is 7.93. The molecule has 0 bridgehead atoms. The summed E-state index contributed by atoms with van der Waals surface area (Å²) in [6.45, 7) is 1.79. The third-order valence-electron chi connectivity index (χ3n) is 2.34. The maximum absolute atomic E-state index is 7.29. The second kappa shape index (κ2) is 8.25. The molecule has 0 unspecified atom stereocenters. The van der Waals surface area contributed by atoms with Crippen molar-refractivity contribution in [3.05, 3.63) is 38.8 Å². The van der Waals surface area contributed by atoms with Crippen LogP contribution in [0.2, 0.25) is 0 Å². The van der Waals surface area contributed by atoms with E-state index in [2.05, 4.69) is 66.5 Å². The molecule has 0 radical (unpaired) electrons. The van der Waals surface area contributed by atoms with Crippen LogP contribution in [0.15, 0.2) is 12.1 Å². The van der Waals surface area contributed by atoms with Gasteiger partial charge in [-0.25, -0.2) is 0 Å². The zero-order chi connectivity index (χ0) is 13.0. The second-order valence-electron chi connectivity index (χ2n) is 4.71. The Balaban J connectivity index is 0.00000289. The van der Waals surface area contributed by atoms with Crippen LogP contribution in [0.4, 0.5) is 0 Å². The van der Waals surface area contributed by atoms with Crippen molar-refractivity contribution in [2.45, 2.75) is 13.1 Å². The summed E-state index contributed by atoms with van der Waals surface area (Å²) in [6, 6.07) is 4.10. The summed E-state index contributed by atoms with van der Waals surface area (Å²) < 4.78 is 1.30. The zero-order valence-electron chi connectivity index (χ0n) is 11.8. The van der Waals surface area contributed by atoms with Crippen molar-refractivity contribution in [2.75, 3.05) is 28.2 Å². The number of hydrogen-bond donors (Lipinski definition) is 0. The van der Waals surface area contributed by atoms with E-state index in [-0.39, 0.29) is 18.9 Å². The van der Waals surface area contributed by atoms with E-state index in [1.54, 1.807) is 0 Å². The zero-order valence-corrected chi connectivity index (χ0v) is 14.0. The van der Waals surface area contributed by atoms with Crippen molar-refractivity contribution >= 4 is 22.6 Å². The molecule has 18 heavy (non-hydrogen) atoms. The summed E-state index contributed by atoms with van der Waals surface area (Å²) in [5.41, 5.74) is 3.40. The fourth-order valence-corrected chi connectivity index (χ4v) is 2.39. The Morgan fingerprint density at radius 1 is 1.06 bits per heavy atom. The van der Waals surface area contributed by atoms with Crippen LogP contribution in [0.3, 0.4) is 0 Å². The first-order valence-electron chi connectivity index (χ1n) is 5.47. The first-order valence-corrected chi connectivity index (χ1v) is 6.55. The van der Waals surface area contributed by atoms with Crippen LogP contribution in [-0.2, 0) is 13.1 Å². The standard InChI is InChI=1S/C14H18IN2.Li/c1-6-11-7-12(9-16(2)3)14(15)13(8-11)10-17(4)5;/h7-8H,9-10H2,2-5H3;/q-1;+1. The van der Waals surface area contributed by atoms with Crippen LogP contribution in [0.5, 0.6) is 0 Å². The average Bonchev–Trinajstić information content (AvgIpc) is 2.22. The van der Waals surface area contributed by atoms with Gasteiger partial charge in [-0.3, -0.25) is 5.92 Å². The summed E-state index contributed by atoms with van der Waals surface area (Å²) in [5, 5.41) is 0. The van der Waals surface area contributed by atoms with Crippen LogP contribution in [0.1, 0.15) is 16.7 Å². The minimum Gasteiger partial charge on any atom is -0.366 e. The summed E-state index contributed by atoms with van der Waals surface area (Å²) in [7, 11) is 8.23. The fraction of sp³-hybridized carbons (Fsp3) is 0.429. The Labute approximate surface area is 136 Å². The van der Waals surface area contributed by atoms with Gasteiger partial charge in [0.15, 0.2) is 0 Å². The van der Waals surface area contributed by atoms with Crippen molar-refractivity contribution in [1.29, 1.82) is 0 Å². The number of rotatable bonds is 4. The SMILES string of the molecule is [C-]#Cc1cc(CN(C)C)c(I)c(CN(C)C)c1.[Li+]. The number of nitrogens with zero attached hydrogens (tertiary/aromatic N) is 2. The van der Waals surface area contributed by atoms with Gasteiger partial charge in [0.2, 0.25) is 0 Å². The molecular formula is C14H18ILiN2. The normalized spacial score (nSPS) is 10.3. The van der Waals surface area contributed by atoms with Crippen molar-refractivity contribution in [2.24, 2.45) is 0 Å². The molecule has 0 amide bonds. The summed E-state index contributed by atoms with van der Waals surface area (Å²) >= 11 is 2.40. The van der Waals surface area contributed by atoms with Gasteiger partial charge < -0.3 is 16.2 Å². The summed E-state index contributed by atoms with van der Waals surface area (Å²) in [6.07, 6.45) is 7.29. The smallest absolute Gasteiger partial charge is 0.366 e. The van der Waals surface area contributed by atoms with Crippen molar-refractivity contribution in [3.8, 4) is 5.92 Å². The van der Waals surface area contributed by atoms with Crippen LogP contribution in [-0.4, -0.2) is 38.0 Å². The average molecular weight is 348 g/mol. The molecular weight excluding hydrogens is 330 g/mol. The van der Waals surface area contributed by atoms with E-state index in [0.717, 1.165) is 18.7 Å². The largest absolute Gasteiger partial charge is 1.00 e. The molecule has 0 saturated carbocycles. The van der Waals surface area contributed by atoms with Crippen LogP contribution < -0.4 is 18.9 Å². The van der Waals surface area contributed by atoms with Gasteiger partial charge in [0.05, 0.1) is 0 Å². The van der Waals surface area contributed by atoms with E-state index in [4.69, 9.17) is 6.42 Å². The van der Waals surface area contributed by atoms with Crippen LogP contribution in [0.25, 0.3) is 0 Å². The van der Waals surface area contributed by atoms with Crippen molar-refractivity contribution in [1.82, 2.24) is 9.80 Å². The molecule has 92 valence electrons. The first kappa shape index (κ1) is 18.0. The summed E-state index contributed by atoms with van der Waals surface area (Å²) in [5.74, 6) is 2.49. The molecule has 0 aliphatic heterocycles. The van der Waals surface area contributed by atoms with Gasteiger partial charge in [-0.05, 0) is 61.9 Å². The molecule has 0 aromatic heterocycles. The Bertz CT molecular complexity index is 405. The summed E-state index contributed by atoms with van der Waals surface area (Å²) in [4.78, 5) is 4.29. The van der Waals surface area contributed by atoms with Gasteiger partial charge in [-0.2, -0.15) is 0 Å². The molecule has 0 spiro atoms. The van der Waals surface area contributed by atoms with E-state index in [1.165, 1.54) is 14.7 Å². The topological polar surface area (TPSA) is 6.48 Å². The van der Waals surface area contributed by atoms with Crippen LogP contribution >= 0.6 is 22.6 Å². The third kappa shape index (κ3) is 5.34. The van der Waals surface area contributed by atoms with E-state index in [1.807, 2.05) is 12.1 Å². The predicted octanol–water partition coefficient (Wildman–Crippen LogP) is -0.644. The predicted molar refractivity (Wildman–Crippen MR) is 80.2 cm³/mol. The number of hydrogen-bond acceptors (Lipinski definition) is 2. The minimum absolute atomic E-state index is 0. The van der Waals surface area contributed by atoms with Gasteiger partial charge in [-0.15, -0.1) is 17.7 Å². The van der Waals surface area contributed by atoms with Crippen molar-refractivity contribution in [3.63, 3.8) is 0 Å². The van der Waals surface area contributed by atoms with E-state index in [9.17, 15) is 0 Å². The number of benzene rings is 1. The van der Waals surface area contributed by atoms with Crippen LogP contribution in [0, 0.1) is 15.9 Å². The fourth-order valence-electron chi connectivity index (χ4n) is 1.73. The molecule has 0 heterocycles. The molecule has 0 N–H and O–H groups in total. The molecule has 1 rings (SSSR count). The maximum Gasteiger partial charge on any atom is 1.00 e. The van der Waals surface area contributed by atoms with Gasteiger partial charge in [0, 0.05) is 16.7 Å². The van der Waals surface area contributed by atoms with E-state index < -0.39 is 0 Å². The minimum atomic E-state index is 0. The molecule has 1 aromatic rings. The quantitative estimate of drug-likeness (QED) is 0.309. The molecule has 2 nitrogen and oxygen atoms in total. The molecule has 1 aromatic carbocycles. The molecule has 0 aliphatic rings. The van der Waals surface area contributed by atoms with Crippen molar-refractivity contribution < 1.29 is 18.9 Å². The Morgan fingerprint density at radius 3 is 1.72 bits per heavy atom. The number of halogens is 1. The second-order valence-corrected chi connectivity index (χ2v) is 5.79. The third-order valence-corrected chi connectivity index (χ3v) is 3.73. The Hall–Kier alpha value is 0.0274. The molecule has 0 aliphatic carbocycles. The molecule has 4 heteroatoms. The molecule has 0 fully saturated rings. The van der Waals surface area contributed by atoms with Gasteiger partial charge in [-0.1, -0.05) is 0 Å². The monoisotopic (exact) mass is 348 g/mol. The Kier molecular flexibility index (Phi) is 8.26. The van der Waals surface area contributed by atoms with E-state index >= 15 is 0 Å².